The van der Waals surface area contributed by atoms with Gasteiger partial charge in [0.1, 0.15) is 5.60 Å². The van der Waals surface area contributed by atoms with E-state index in [1.807, 2.05) is 32.9 Å². The number of amides is 1. The molecule has 22 heavy (non-hydrogen) atoms. The predicted octanol–water partition coefficient (Wildman–Crippen LogP) is 4.57. The molecule has 0 aliphatic carbocycles. The van der Waals surface area contributed by atoms with Crippen molar-refractivity contribution in [1.29, 1.82) is 0 Å². The van der Waals surface area contributed by atoms with Crippen LogP contribution in [0.25, 0.3) is 0 Å². The molecule has 0 radical (unpaired) electrons. The number of thiophene rings is 1. The average molecular weight is 347 g/mol. The van der Waals surface area contributed by atoms with Crippen LogP contribution in [0.15, 0.2) is 12.1 Å². The molecule has 126 valence electrons. The van der Waals surface area contributed by atoms with E-state index < -0.39 is 5.60 Å². The van der Waals surface area contributed by atoms with Crippen molar-refractivity contribution in [1.82, 2.24) is 10.6 Å². The van der Waals surface area contributed by atoms with E-state index in [0.717, 1.165) is 23.7 Å². The fourth-order valence-electron chi connectivity index (χ4n) is 2.11. The van der Waals surface area contributed by atoms with Gasteiger partial charge in [-0.05, 0) is 45.7 Å². The minimum absolute atomic E-state index is 0.302. The fraction of sp³-hybridized carbons (Fsp3) is 0.688. The minimum Gasteiger partial charge on any atom is -0.444 e. The number of halogens is 1. The zero-order chi connectivity index (χ0) is 16.8. The lowest BCUT2D eigenvalue weighted by molar-refractivity contribution is 0.0446. The Kier molecular flexibility index (Phi) is 7.16. The highest BCUT2D eigenvalue weighted by Gasteiger charge is 2.30. The normalized spacial score (nSPS) is 12.3. The Bertz CT molecular complexity index is 479. The summed E-state index contributed by atoms with van der Waals surface area (Å²) in [5, 5.41) is 6.44. The second kappa shape index (κ2) is 8.18. The van der Waals surface area contributed by atoms with E-state index in [4.69, 9.17) is 16.3 Å². The van der Waals surface area contributed by atoms with Gasteiger partial charge in [0.05, 0.1) is 9.88 Å². The molecule has 0 aliphatic heterocycles. The molecule has 0 aromatic carbocycles. The third-order valence-electron chi connectivity index (χ3n) is 3.51. The molecular formula is C16H27ClN2O2S. The van der Waals surface area contributed by atoms with Gasteiger partial charge in [-0.3, -0.25) is 0 Å². The van der Waals surface area contributed by atoms with Gasteiger partial charge in [-0.25, -0.2) is 4.79 Å². The zero-order valence-corrected chi connectivity index (χ0v) is 15.7. The van der Waals surface area contributed by atoms with Crippen LogP contribution in [0.3, 0.4) is 0 Å². The third kappa shape index (κ3) is 6.55. The first-order valence-electron chi connectivity index (χ1n) is 7.66. The summed E-state index contributed by atoms with van der Waals surface area (Å²) in [6.45, 7) is 11.2. The molecule has 4 nitrogen and oxygen atoms in total. The second-order valence-electron chi connectivity index (χ2n) is 6.42. The third-order valence-corrected chi connectivity index (χ3v) is 4.74. The first kappa shape index (κ1) is 19.3. The molecule has 1 amide bonds. The van der Waals surface area contributed by atoms with E-state index in [0.29, 0.717) is 6.54 Å². The van der Waals surface area contributed by atoms with Crippen molar-refractivity contribution < 1.29 is 9.53 Å². The molecule has 1 aromatic heterocycles. The number of hydrogen-bond donors (Lipinski definition) is 2. The molecule has 2 N–H and O–H groups in total. The molecule has 6 heteroatoms. The standard InChI is InChI=1S/C16H27ClN2O2S/c1-6-16(7-2,19-14(20)21-15(3,4)5)11-18-10-12-8-9-13(17)22-12/h8-9,18H,6-7,10-11H2,1-5H3,(H,19,20). The number of carbonyl (C=O) groups is 1. The molecule has 0 saturated carbocycles. The largest absolute Gasteiger partial charge is 0.444 e. The van der Waals surface area contributed by atoms with Crippen molar-refractivity contribution in [2.24, 2.45) is 0 Å². The predicted molar refractivity (Wildman–Crippen MR) is 93.7 cm³/mol. The van der Waals surface area contributed by atoms with Gasteiger partial charge in [0, 0.05) is 18.0 Å². The Morgan fingerprint density at radius 3 is 2.36 bits per heavy atom. The first-order chi connectivity index (χ1) is 10.2. The van der Waals surface area contributed by atoms with Gasteiger partial charge in [-0.1, -0.05) is 25.4 Å². The van der Waals surface area contributed by atoms with E-state index in [1.54, 1.807) is 11.3 Å². The van der Waals surface area contributed by atoms with Gasteiger partial charge in [-0.2, -0.15) is 0 Å². The highest BCUT2D eigenvalue weighted by atomic mass is 35.5. The molecule has 0 fully saturated rings. The maximum Gasteiger partial charge on any atom is 0.408 e. The number of nitrogens with one attached hydrogen (secondary N) is 2. The van der Waals surface area contributed by atoms with Gasteiger partial charge < -0.3 is 15.4 Å². The summed E-state index contributed by atoms with van der Waals surface area (Å²) in [6, 6.07) is 3.91. The summed E-state index contributed by atoms with van der Waals surface area (Å²) in [5.74, 6) is 0. The summed E-state index contributed by atoms with van der Waals surface area (Å²) >= 11 is 7.50. The summed E-state index contributed by atoms with van der Waals surface area (Å²) in [7, 11) is 0. The van der Waals surface area contributed by atoms with Crippen LogP contribution in [-0.4, -0.2) is 23.8 Å². The summed E-state index contributed by atoms with van der Waals surface area (Å²) < 4.78 is 6.16. The summed E-state index contributed by atoms with van der Waals surface area (Å²) in [6.07, 6.45) is 1.30. The fourth-order valence-corrected chi connectivity index (χ4v) is 3.17. The van der Waals surface area contributed by atoms with Crippen LogP contribution in [0.1, 0.15) is 52.3 Å². The van der Waals surface area contributed by atoms with E-state index >= 15 is 0 Å². The Labute approximate surface area is 142 Å². The molecule has 0 unspecified atom stereocenters. The average Bonchev–Trinajstić information content (AvgIpc) is 2.81. The van der Waals surface area contributed by atoms with Crippen molar-refractivity contribution in [2.75, 3.05) is 6.54 Å². The Morgan fingerprint density at radius 1 is 1.27 bits per heavy atom. The van der Waals surface area contributed by atoms with Crippen molar-refractivity contribution in [2.45, 2.75) is 65.1 Å². The number of hydrogen-bond acceptors (Lipinski definition) is 4. The van der Waals surface area contributed by atoms with E-state index in [2.05, 4.69) is 24.5 Å². The van der Waals surface area contributed by atoms with Crippen molar-refractivity contribution in [3.63, 3.8) is 0 Å². The maximum absolute atomic E-state index is 12.1. The van der Waals surface area contributed by atoms with Gasteiger partial charge >= 0.3 is 6.09 Å². The maximum atomic E-state index is 12.1. The second-order valence-corrected chi connectivity index (χ2v) is 8.22. The van der Waals surface area contributed by atoms with Crippen LogP contribution in [0.4, 0.5) is 4.79 Å². The van der Waals surface area contributed by atoms with Gasteiger partial charge in [-0.15, -0.1) is 11.3 Å². The van der Waals surface area contributed by atoms with E-state index in [-0.39, 0.29) is 11.6 Å². The zero-order valence-electron chi connectivity index (χ0n) is 14.1. The van der Waals surface area contributed by atoms with Gasteiger partial charge in [0.15, 0.2) is 0 Å². The van der Waals surface area contributed by atoms with Gasteiger partial charge in [0.25, 0.3) is 0 Å². The molecule has 0 aliphatic rings. The lowest BCUT2D eigenvalue weighted by Gasteiger charge is -2.34. The van der Waals surface area contributed by atoms with E-state index in [9.17, 15) is 4.79 Å². The van der Waals surface area contributed by atoms with Crippen molar-refractivity contribution >= 4 is 29.0 Å². The lowest BCUT2D eigenvalue weighted by Crippen LogP contribution is -2.55. The van der Waals surface area contributed by atoms with Gasteiger partial charge in [0.2, 0.25) is 0 Å². The Morgan fingerprint density at radius 2 is 1.91 bits per heavy atom. The van der Waals surface area contributed by atoms with Crippen LogP contribution in [0.5, 0.6) is 0 Å². The Hall–Kier alpha value is -0.780. The Balaban J connectivity index is 2.56. The SMILES string of the molecule is CCC(CC)(CNCc1ccc(Cl)s1)NC(=O)OC(C)(C)C. The van der Waals surface area contributed by atoms with E-state index in [1.165, 1.54) is 4.88 Å². The smallest absolute Gasteiger partial charge is 0.408 e. The van der Waals surface area contributed by atoms with Crippen LogP contribution >= 0.6 is 22.9 Å². The van der Waals surface area contributed by atoms with Crippen LogP contribution in [-0.2, 0) is 11.3 Å². The molecule has 0 atom stereocenters. The molecule has 0 spiro atoms. The monoisotopic (exact) mass is 346 g/mol. The van der Waals surface area contributed by atoms with Crippen LogP contribution in [0, 0.1) is 0 Å². The number of ether oxygens (including phenoxy) is 1. The first-order valence-corrected chi connectivity index (χ1v) is 8.85. The molecular weight excluding hydrogens is 320 g/mol. The van der Waals surface area contributed by atoms with Crippen LogP contribution < -0.4 is 10.6 Å². The molecule has 0 bridgehead atoms. The summed E-state index contributed by atoms with van der Waals surface area (Å²) in [5.41, 5.74) is -0.790. The number of rotatable bonds is 7. The molecule has 1 rings (SSSR count). The number of carbonyl (C=O) groups excluding carboxylic acids is 1. The van der Waals surface area contributed by atoms with Crippen molar-refractivity contribution in [3.8, 4) is 0 Å². The molecule has 1 heterocycles. The number of alkyl carbamates (subject to hydrolysis) is 1. The topological polar surface area (TPSA) is 50.4 Å². The quantitative estimate of drug-likeness (QED) is 0.760. The lowest BCUT2D eigenvalue weighted by atomic mass is 9.93. The van der Waals surface area contributed by atoms with Crippen molar-refractivity contribution in [3.05, 3.63) is 21.3 Å². The minimum atomic E-state index is -0.488. The molecule has 1 aromatic rings. The summed E-state index contributed by atoms with van der Waals surface area (Å²) in [4.78, 5) is 13.2. The highest BCUT2D eigenvalue weighted by Crippen LogP contribution is 2.22. The highest BCUT2D eigenvalue weighted by molar-refractivity contribution is 7.16. The van der Waals surface area contributed by atoms with Crippen LogP contribution in [0.2, 0.25) is 4.34 Å². The molecule has 0 saturated heterocycles.